The highest BCUT2D eigenvalue weighted by Crippen LogP contribution is 2.09. The third-order valence-electron chi connectivity index (χ3n) is 1.85. The third-order valence-corrected chi connectivity index (χ3v) is 1.85. The van der Waals surface area contributed by atoms with Gasteiger partial charge in [-0.25, -0.2) is 14.8 Å². The summed E-state index contributed by atoms with van der Waals surface area (Å²) in [7, 11) is 0. The van der Waals surface area contributed by atoms with Gasteiger partial charge in [0.15, 0.2) is 0 Å². The smallest absolute Gasteiger partial charge is 0.339 e. The number of hydrogen-bond acceptors (Lipinski definition) is 3. The van der Waals surface area contributed by atoms with Crippen molar-refractivity contribution in [1.29, 1.82) is 0 Å². The summed E-state index contributed by atoms with van der Waals surface area (Å²) >= 11 is 0. The van der Waals surface area contributed by atoms with E-state index in [1.54, 1.807) is 13.8 Å². The van der Waals surface area contributed by atoms with Crippen LogP contribution in [-0.4, -0.2) is 21.0 Å². The summed E-state index contributed by atoms with van der Waals surface area (Å²) in [4.78, 5) is 18.9. The van der Waals surface area contributed by atoms with E-state index in [4.69, 9.17) is 5.11 Å². The topological polar surface area (TPSA) is 63.1 Å². The monoisotopic (exact) mass is 180 g/mol. The Bertz CT molecular complexity index is 324. The molecule has 0 aromatic carbocycles. The van der Waals surface area contributed by atoms with Crippen LogP contribution in [0.5, 0.6) is 0 Å². The number of rotatable bonds is 2. The molecule has 13 heavy (non-hydrogen) atoms. The first-order valence-corrected chi connectivity index (χ1v) is 4.13. The Morgan fingerprint density at radius 2 is 1.77 bits per heavy atom. The van der Waals surface area contributed by atoms with Crippen LogP contribution in [0, 0.1) is 13.8 Å². The molecule has 0 bridgehead atoms. The highest BCUT2D eigenvalue weighted by atomic mass is 16.4. The first-order valence-electron chi connectivity index (χ1n) is 4.13. The molecule has 0 fully saturated rings. The molecule has 0 saturated carbocycles. The molecule has 0 aliphatic heterocycles. The lowest BCUT2D eigenvalue weighted by Gasteiger charge is -2.05. The Morgan fingerprint density at radius 1 is 1.31 bits per heavy atom. The molecule has 0 atom stereocenters. The van der Waals surface area contributed by atoms with Crippen LogP contribution >= 0.6 is 0 Å². The van der Waals surface area contributed by atoms with Crippen LogP contribution in [0.1, 0.15) is 34.5 Å². The fourth-order valence-electron chi connectivity index (χ4n) is 1.25. The predicted octanol–water partition coefficient (Wildman–Crippen LogP) is 1.35. The van der Waals surface area contributed by atoms with E-state index in [1.807, 2.05) is 6.92 Å². The normalized spacial score (nSPS) is 10.1. The molecule has 4 heteroatoms. The molecule has 1 rings (SSSR count). The maximum atomic E-state index is 10.8. The minimum Gasteiger partial charge on any atom is -0.478 e. The zero-order chi connectivity index (χ0) is 10.0. The Hall–Kier alpha value is -1.45. The molecule has 0 spiro atoms. The lowest BCUT2D eigenvalue weighted by Crippen LogP contribution is -2.09. The SMILES string of the molecule is CCc1nc(C)c(C(=O)O)c(C)n1. The Kier molecular flexibility index (Phi) is 2.60. The molecular weight excluding hydrogens is 168 g/mol. The van der Waals surface area contributed by atoms with Crippen molar-refractivity contribution in [2.24, 2.45) is 0 Å². The number of carbonyl (C=O) groups is 1. The van der Waals surface area contributed by atoms with Gasteiger partial charge in [-0.05, 0) is 13.8 Å². The Balaban J connectivity index is 3.31. The summed E-state index contributed by atoms with van der Waals surface area (Å²) < 4.78 is 0. The quantitative estimate of drug-likeness (QED) is 0.746. The maximum absolute atomic E-state index is 10.8. The van der Waals surface area contributed by atoms with Gasteiger partial charge < -0.3 is 5.11 Å². The van der Waals surface area contributed by atoms with E-state index in [0.717, 1.165) is 6.42 Å². The summed E-state index contributed by atoms with van der Waals surface area (Å²) in [5, 5.41) is 8.83. The minimum atomic E-state index is -0.961. The summed E-state index contributed by atoms with van der Waals surface area (Å²) in [6.45, 7) is 5.32. The second-order valence-electron chi connectivity index (χ2n) is 2.84. The predicted molar refractivity (Wildman–Crippen MR) is 47.8 cm³/mol. The highest BCUT2D eigenvalue weighted by molar-refractivity contribution is 5.89. The van der Waals surface area contributed by atoms with E-state index < -0.39 is 5.97 Å². The van der Waals surface area contributed by atoms with Gasteiger partial charge in [-0.3, -0.25) is 0 Å². The second kappa shape index (κ2) is 3.51. The number of aromatic carboxylic acids is 1. The number of carboxylic acids is 1. The average Bonchev–Trinajstić information content (AvgIpc) is 2.02. The molecule has 70 valence electrons. The fraction of sp³-hybridized carbons (Fsp3) is 0.444. The summed E-state index contributed by atoms with van der Waals surface area (Å²) in [6.07, 6.45) is 0.724. The van der Waals surface area contributed by atoms with Crippen molar-refractivity contribution in [2.45, 2.75) is 27.2 Å². The van der Waals surface area contributed by atoms with Gasteiger partial charge in [-0.15, -0.1) is 0 Å². The van der Waals surface area contributed by atoms with E-state index in [1.165, 1.54) is 0 Å². The molecule has 1 aromatic heterocycles. The van der Waals surface area contributed by atoms with Crippen LogP contribution in [-0.2, 0) is 6.42 Å². The van der Waals surface area contributed by atoms with Crippen LogP contribution in [0.15, 0.2) is 0 Å². The van der Waals surface area contributed by atoms with E-state index >= 15 is 0 Å². The van der Waals surface area contributed by atoms with Gasteiger partial charge in [0.2, 0.25) is 0 Å². The first-order chi connectivity index (χ1) is 6.06. The molecule has 1 N–H and O–H groups in total. The molecule has 4 nitrogen and oxygen atoms in total. The third kappa shape index (κ3) is 1.83. The lowest BCUT2D eigenvalue weighted by atomic mass is 10.1. The Labute approximate surface area is 76.7 Å². The fourth-order valence-corrected chi connectivity index (χ4v) is 1.25. The van der Waals surface area contributed by atoms with E-state index in [2.05, 4.69) is 9.97 Å². The molecule has 0 aliphatic carbocycles. The largest absolute Gasteiger partial charge is 0.478 e. The van der Waals surface area contributed by atoms with Gasteiger partial charge in [0.25, 0.3) is 0 Å². The summed E-state index contributed by atoms with van der Waals surface area (Å²) in [5.41, 5.74) is 1.30. The van der Waals surface area contributed by atoms with Gasteiger partial charge in [0, 0.05) is 6.42 Å². The van der Waals surface area contributed by atoms with Crippen molar-refractivity contribution < 1.29 is 9.90 Å². The van der Waals surface area contributed by atoms with E-state index in [0.29, 0.717) is 17.2 Å². The average molecular weight is 180 g/mol. The molecule has 0 aliphatic rings. The van der Waals surface area contributed by atoms with Crippen molar-refractivity contribution in [1.82, 2.24) is 9.97 Å². The van der Waals surface area contributed by atoms with Crippen molar-refractivity contribution in [3.63, 3.8) is 0 Å². The number of hydrogen-bond donors (Lipinski definition) is 1. The maximum Gasteiger partial charge on any atom is 0.339 e. The van der Waals surface area contributed by atoms with Crippen molar-refractivity contribution in [2.75, 3.05) is 0 Å². The van der Waals surface area contributed by atoms with E-state index in [-0.39, 0.29) is 5.56 Å². The molecule has 0 radical (unpaired) electrons. The van der Waals surface area contributed by atoms with Gasteiger partial charge in [0.1, 0.15) is 11.4 Å². The van der Waals surface area contributed by atoms with Gasteiger partial charge in [-0.2, -0.15) is 0 Å². The molecule has 0 unspecified atom stereocenters. The van der Waals surface area contributed by atoms with Gasteiger partial charge >= 0.3 is 5.97 Å². The van der Waals surface area contributed by atoms with Crippen molar-refractivity contribution >= 4 is 5.97 Å². The summed E-state index contributed by atoms with van der Waals surface area (Å²) in [5.74, 6) is -0.266. The highest BCUT2D eigenvalue weighted by Gasteiger charge is 2.13. The van der Waals surface area contributed by atoms with Crippen molar-refractivity contribution in [3.05, 3.63) is 22.8 Å². The van der Waals surface area contributed by atoms with Crippen LogP contribution in [0.25, 0.3) is 0 Å². The number of carboxylic acid groups (broad SMARTS) is 1. The Morgan fingerprint density at radius 3 is 2.08 bits per heavy atom. The van der Waals surface area contributed by atoms with Crippen LogP contribution in [0.3, 0.4) is 0 Å². The van der Waals surface area contributed by atoms with Gasteiger partial charge in [-0.1, -0.05) is 6.92 Å². The first kappa shape index (κ1) is 9.64. The van der Waals surface area contributed by atoms with E-state index in [9.17, 15) is 4.79 Å². The molecule has 0 saturated heterocycles. The molecule has 0 amide bonds. The lowest BCUT2D eigenvalue weighted by molar-refractivity contribution is 0.0694. The van der Waals surface area contributed by atoms with Crippen molar-refractivity contribution in [3.8, 4) is 0 Å². The molecule has 1 aromatic rings. The van der Waals surface area contributed by atoms with Crippen LogP contribution in [0.4, 0.5) is 0 Å². The second-order valence-corrected chi connectivity index (χ2v) is 2.84. The minimum absolute atomic E-state index is 0.220. The number of aromatic nitrogens is 2. The van der Waals surface area contributed by atoms with Gasteiger partial charge in [0.05, 0.1) is 11.4 Å². The number of nitrogens with zero attached hydrogens (tertiary/aromatic N) is 2. The molecular formula is C9H12N2O2. The van der Waals surface area contributed by atoms with Crippen LogP contribution in [0.2, 0.25) is 0 Å². The van der Waals surface area contributed by atoms with Crippen LogP contribution < -0.4 is 0 Å². The molecule has 1 heterocycles. The standard InChI is InChI=1S/C9H12N2O2/c1-4-7-10-5(2)8(9(12)13)6(3)11-7/h4H2,1-3H3,(H,12,13). The number of aryl methyl sites for hydroxylation is 3. The zero-order valence-electron chi connectivity index (χ0n) is 7.96. The zero-order valence-corrected chi connectivity index (χ0v) is 7.96. The summed E-state index contributed by atoms with van der Waals surface area (Å²) in [6, 6.07) is 0.